The molecule has 0 aliphatic carbocycles. The first-order chi connectivity index (χ1) is 7.63. The molecule has 0 fully saturated rings. The van der Waals surface area contributed by atoms with Gasteiger partial charge in [-0.15, -0.1) is 0 Å². The van der Waals surface area contributed by atoms with Crippen molar-refractivity contribution in [2.24, 2.45) is 5.10 Å². The summed E-state index contributed by atoms with van der Waals surface area (Å²) in [7, 11) is 0. The quantitative estimate of drug-likeness (QED) is 0.618. The third kappa shape index (κ3) is 3.90. The van der Waals surface area contributed by atoms with Crippen LogP contribution in [0.1, 0.15) is 20.3 Å². The van der Waals surface area contributed by atoms with Crippen molar-refractivity contribution in [3.63, 3.8) is 0 Å². The Bertz CT molecular complexity index is 404. The topological polar surface area (TPSA) is 53.5 Å². The van der Waals surface area contributed by atoms with E-state index in [-0.39, 0.29) is 0 Å². The summed E-state index contributed by atoms with van der Waals surface area (Å²) in [6.45, 7) is 3.81. The van der Waals surface area contributed by atoms with E-state index in [1.807, 2.05) is 13.8 Å². The van der Waals surface area contributed by atoms with E-state index in [0.29, 0.717) is 10.7 Å². The van der Waals surface area contributed by atoms with Crippen LogP contribution in [0, 0.1) is 0 Å². The molecule has 0 aliphatic rings. The third-order valence-corrected chi connectivity index (χ3v) is 2.31. The normalized spacial score (nSPS) is 11.1. The van der Waals surface area contributed by atoms with Gasteiger partial charge in [0, 0.05) is 5.71 Å². The Hall–Kier alpha value is -1.55. The highest BCUT2D eigenvalue weighted by molar-refractivity contribution is 6.33. The molecule has 1 aromatic carbocycles. The van der Waals surface area contributed by atoms with Crippen molar-refractivity contribution < 1.29 is 4.79 Å². The van der Waals surface area contributed by atoms with Crippen molar-refractivity contribution in [3.8, 4) is 0 Å². The Morgan fingerprint density at radius 3 is 2.75 bits per heavy atom. The molecule has 0 spiro atoms. The number of hydrogen-bond acceptors (Lipinski definition) is 2. The van der Waals surface area contributed by atoms with Gasteiger partial charge in [0.2, 0.25) is 0 Å². The smallest absolute Gasteiger partial charge is 0.305 e. The maximum Gasteiger partial charge on any atom is 0.339 e. The molecule has 0 saturated heterocycles. The van der Waals surface area contributed by atoms with E-state index < -0.39 is 6.03 Å². The molecular weight excluding hydrogens is 226 g/mol. The van der Waals surface area contributed by atoms with E-state index >= 15 is 0 Å². The van der Waals surface area contributed by atoms with Crippen LogP contribution < -0.4 is 10.7 Å². The van der Waals surface area contributed by atoms with E-state index in [1.165, 1.54) is 0 Å². The zero-order valence-corrected chi connectivity index (χ0v) is 10.0. The second-order valence-corrected chi connectivity index (χ2v) is 3.65. The van der Waals surface area contributed by atoms with Gasteiger partial charge in [-0.3, -0.25) is 0 Å². The summed E-state index contributed by atoms with van der Waals surface area (Å²) in [5.41, 5.74) is 3.81. The largest absolute Gasteiger partial charge is 0.339 e. The zero-order valence-electron chi connectivity index (χ0n) is 9.25. The molecule has 1 aromatic rings. The number of nitrogens with one attached hydrogen (secondary N) is 2. The first-order valence-corrected chi connectivity index (χ1v) is 5.36. The third-order valence-electron chi connectivity index (χ3n) is 1.98. The molecule has 0 atom stereocenters. The number of para-hydroxylation sites is 1. The zero-order chi connectivity index (χ0) is 12.0. The summed E-state index contributed by atoms with van der Waals surface area (Å²) in [6.07, 6.45) is 0.798. The average molecular weight is 240 g/mol. The average Bonchev–Trinajstić information content (AvgIpc) is 2.29. The molecule has 0 unspecified atom stereocenters. The fourth-order valence-corrected chi connectivity index (χ4v) is 1.12. The Morgan fingerprint density at radius 1 is 1.44 bits per heavy atom. The molecule has 5 heteroatoms. The van der Waals surface area contributed by atoms with Crippen LogP contribution in [0.25, 0.3) is 0 Å². The van der Waals surface area contributed by atoms with Crippen molar-refractivity contribution in [3.05, 3.63) is 29.3 Å². The van der Waals surface area contributed by atoms with Crippen LogP contribution in [0.15, 0.2) is 29.4 Å². The van der Waals surface area contributed by atoms with Gasteiger partial charge in [0.05, 0.1) is 10.7 Å². The molecule has 2 amide bonds. The summed E-state index contributed by atoms with van der Waals surface area (Å²) in [6, 6.07) is 6.61. The number of amides is 2. The number of rotatable bonds is 3. The van der Waals surface area contributed by atoms with Crippen molar-refractivity contribution >= 4 is 29.0 Å². The highest BCUT2D eigenvalue weighted by atomic mass is 35.5. The van der Waals surface area contributed by atoms with Gasteiger partial charge in [-0.2, -0.15) is 5.10 Å². The van der Waals surface area contributed by atoms with Crippen LogP contribution in [0.2, 0.25) is 5.02 Å². The minimum absolute atomic E-state index is 0.402. The second kappa shape index (κ2) is 6.12. The molecular formula is C11H14ClN3O. The summed E-state index contributed by atoms with van der Waals surface area (Å²) in [5.74, 6) is 0. The van der Waals surface area contributed by atoms with Gasteiger partial charge >= 0.3 is 6.03 Å². The fraction of sp³-hybridized carbons (Fsp3) is 0.273. The van der Waals surface area contributed by atoms with E-state index in [0.717, 1.165) is 12.1 Å². The number of urea groups is 1. The Morgan fingerprint density at radius 2 is 2.12 bits per heavy atom. The SMILES string of the molecule is CC/C(C)=N\NC(=O)Nc1ccccc1Cl. The van der Waals surface area contributed by atoms with Crippen LogP contribution in [0.3, 0.4) is 0 Å². The van der Waals surface area contributed by atoms with Crippen molar-refractivity contribution in [1.82, 2.24) is 5.43 Å². The highest BCUT2D eigenvalue weighted by Crippen LogP contribution is 2.19. The van der Waals surface area contributed by atoms with E-state index in [4.69, 9.17) is 11.6 Å². The second-order valence-electron chi connectivity index (χ2n) is 3.25. The Kier molecular flexibility index (Phi) is 4.79. The van der Waals surface area contributed by atoms with Gasteiger partial charge in [0.1, 0.15) is 0 Å². The van der Waals surface area contributed by atoms with E-state index in [1.54, 1.807) is 24.3 Å². The number of hydrazone groups is 1. The lowest BCUT2D eigenvalue weighted by Gasteiger charge is -2.06. The maximum absolute atomic E-state index is 11.4. The summed E-state index contributed by atoms with van der Waals surface area (Å²) >= 11 is 5.88. The lowest BCUT2D eigenvalue weighted by atomic mass is 10.3. The molecule has 0 aromatic heterocycles. The minimum atomic E-state index is -0.402. The molecule has 0 saturated carbocycles. The molecule has 0 radical (unpaired) electrons. The molecule has 0 aliphatic heterocycles. The van der Waals surface area contributed by atoms with Crippen LogP contribution in [0.5, 0.6) is 0 Å². The highest BCUT2D eigenvalue weighted by Gasteiger charge is 2.03. The number of hydrogen-bond donors (Lipinski definition) is 2. The number of carbonyl (C=O) groups excluding carboxylic acids is 1. The summed E-state index contributed by atoms with van der Waals surface area (Å²) < 4.78 is 0. The standard InChI is InChI=1S/C11H14ClN3O/c1-3-8(2)14-15-11(16)13-10-7-5-4-6-9(10)12/h4-7H,3H2,1-2H3,(H2,13,15,16)/b14-8-. The molecule has 0 bridgehead atoms. The van der Waals surface area contributed by atoms with Gasteiger partial charge in [0.15, 0.2) is 0 Å². The Balaban J connectivity index is 2.56. The monoisotopic (exact) mass is 239 g/mol. The van der Waals surface area contributed by atoms with E-state index in [2.05, 4.69) is 15.8 Å². The molecule has 0 heterocycles. The molecule has 1 rings (SSSR count). The number of halogens is 1. The predicted octanol–water partition coefficient (Wildman–Crippen LogP) is 3.25. The molecule has 16 heavy (non-hydrogen) atoms. The molecule has 86 valence electrons. The van der Waals surface area contributed by atoms with Crippen molar-refractivity contribution in [2.45, 2.75) is 20.3 Å². The number of anilines is 1. The lowest BCUT2D eigenvalue weighted by Crippen LogP contribution is -2.25. The molecule has 4 nitrogen and oxygen atoms in total. The van der Waals surface area contributed by atoms with Crippen molar-refractivity contribution in [2.75, 3.05) is 5.32 Å². The van der Waals surface area contributed by atoms with Gasteiger partial charge in [0.25, 0.3) is 0 Å². The van der Waals surface area contributed by atoms with Gasteiger partial charge in [-0.05, 0) is 25.5 Å². The van der Waals surface area contributed by atoms with Crippen LogP contribution >= 0.6 is 11.6 Å². The summed E-state index contributed by atoms with van der Waals surface area (Å²) in [4.78, 5) is 11.4. The fourth-order valence-electron chi connectivity index (χ4n) is 0.938. The van der Waals surface area contributed by atoms with Crippen LogP contribution in [-0.2, 0) is 0 Å². The number of carbonyl (C=O) groups is 1. The summed E-state index contributed by atoms with van der Waals surface area (Å²) in [5, 5.41) is 6.97. The predicted molar refractivity (Wildman–Crippen MR) is 67.0 cm³/mol. The van der Waals surface area contributed by atoms with E-state index in [9.17, 15) is 4.79 Å². The van der Waals surface area contributed by atoms with Crippen molar-refractivity contribution in [1.29, 1.82) is 0 Å². The Labute approximate surface area is 99.7 Å². The van der Waals surface area contributed by atoms with Crippen LogP contribution in [0.4, 0.5) is 10.5 Å². The number of benzene rings is 1. The van der Waals surface area contributed by atoms with Gasteiger partial charge < -0.3 is 5.32 Å². The van der Waals surface area contributed by atoms with Crippen LogP contribution in [-0.4, -0.2) is 11.7 Å². The number of nitrogens with zero attached hydrogens (tertiary/aromatic N) is 1. The maximum atomic E-state index is 11.4. The lowest BCUT2D eigenvalue weighted by molar-refractivity contribution is 0.252. The first-order valence-electron chi connectivity index (χ1n) is 4.98. The first kappa shape index (κ1) is 12.5. The molecule has 2 N–H and O–H groups in total. The van der Waals surface area contributed by atoms with Gasteiger partial charge in [-0.1, -0.05) is 30.7 Å². The minimum Gasteiger partial charge on any atom is -0.305 e. The van der Waals surface area contributed by atoms with Gasteiger partial charge in [-0.25, -0.2) is 10.2 Å².